The van der Waals surface area contributed by atoms with E-state index in [1.54, 1.807) is 0 Å². The highest BCUT2D eigenvalue weighted by atomic mass is 32.2. The van der Waals surface area contributed by atoms with Gasteiger partial charge in [-0.25, -0.2) is 0 Å². The fourth-order valence-electron chi connectivity index (χ4n) is 2.77. The minimum atomic E-state index is -0.640. The second-order valence-corrected chi connectivity index (χ2v) is 6.37. The fraction of sp³-hybridized carbons (Fsp3) is 0.917. The van der Waals surface area contributed by atoms with Gasteiger partial charge in [0, 0.05) is 5.25 Å². The molecule has 0 saturated carbocycles. The molecular weight excluding hydrogens is 222 g/mol. The van der Waals surface area contributed by atoms with Crippen LogP contribution in [-0.2, 0) is 4.79 Å². The molecule has 0 aromatic rings. The molecule has 0 aromatic carbocycles. The van der Waals surface area contributed by atoms with Crippen LogP contribution in [0.3, 0.4) is 0 Å². The van der Waals surface area contributed by atoms with Crippen LogP contribution in [0.1, 0.15) is 44.9 Å². The molecular formula is C12H21NO2S. The van der Waals surface area contributed by atoms with E-state index in [9.17, 15) is 9.90 Å². The summed E-state index contributed by atoms with van der Waals surface area (Å²) in [6.07, 6.45) is 7.55. The average molecular weight is 243 g/mol. The molecule has 3 nitrogen and oxygen atoms in total. The van der Waals surface area contributed by atoms with Crippen molar-refractivity contribution in [2.75, 3.05) is 12.3 Å². The third kappa shape index (κ3) is 2.72. The summed E-state index contributed by atoms with van der Waals surface area (Å²) in [7, 11) is 0. The standard InChI is InChI=1S/C12H21NO2S/c14-11(15)12(6-2-3-7-13-12)9-10-5-1-4-8-16-10/h10,13H,1-9H2,(H,14,15). The van der Waals surface area contributed by atoms with Gasteiger partial charge in [-0.1, -0.05) is 6.42 Å². The lowest BCUT2D eigenvalue weighted by atomic mass is 9.84. The monoisotopic (exact) mass is 243 g/mol. The van der Waals surface area contributed by atoms with Crippen LogP contribution in [0.4, 0.5) is 0 Å². The molecule has 2 fully saturated rings. The molecule has 2 saturated heterocycles. The van der Waals surface area contributed by atoms with Gasteiger partial charge in [-0.05, 0) is 50.8 Å². The van der Waals surface area contributed by atoms with E-state index in [0.29, 0.717) is 5.25 Å². The maximum absolute atomic E-state index is 11.5. The number of carbonyl (C=O) groups is 1. The molecule has 2 atom stereocenters. The van der Waals surface area contributed by atoms with Gasteiger partial charge < -0.3 is 10.4 Å². The van der Waals surface area contributed by atoms with Crippen molar-refractivity contribution >= 4 is 17.7 Å². The second-order valence-electron chi connectivity index (χ2n) is 4.96. The number of thioether (sulfide) groups is 1. The first-order chi connectivity index (χ1) is 7.73. The summed E-state index contributed by atoms with van der Waals surface area (Å²) in [5, 5.41) is 13.3. The van der Waals surface area contributed by atoms with Crippen LogP contribution >= 0.6 is 11.8 Å². The van der Waals surface area contributed by atoms with Gasteiger partial charge in [0.25, 0.3) is 0 Å². The number of piperidine rings is 1. The number of aliphatic carboxylic acids is 1. The number of hydrogen-bond donors (Lipinski definition) is 2. The van der Waals surface area contributed by atoms with E-state index in [4.69, 9.17) is 0 Å². The molecule has 2 aliphatic rings. The largest absolute Gasteiger partial charge is 0.480 e. The zero-order valence-electron chi connectivity index (χ0n) is 9.71. The molecule has 2 heterocycles. The van der Waals surface area contributed by atoms with E-state index in [-0.39, 0.29) is 0 Å². The van der Waals surface area contributed by atoms with Crippen LogP contribution < -0.4 is 5.32 Å². The van der Waals surface area contributed by atoms with E-state index in [2.05, 4.69) is 5.32 Å². The zero-order valence-corrected chi connectivity index (χ0v) is 10.5. The van der Waals surface area contributed by atoms with Crippen LogP contribution in [-0.4, -0.2) is 34.2 Å². The first-order valence-corrected chi connectivity index (χ1v) is 7.38. The first kappa shape index (κ1) is 12.2. The Kier molecular flexibility index (Phi) is 4.14. The zero-order chi connectivity index (χ0) is 11.4. The third-order valence-electron chi connectivity index (χ3n) is 3.75. The number of nitrogens with one attached hydrogen (secondary N) is 1. The summed E-state index contributed by atoms with van der Waals surface area (Å²) in [5.41, 5.74) is -0.618. The summed E-state index contributed by atoms with van der Waals surface area (Å²) < 4.78 is 0. The Morgan fingerprint density at radius 1 is 1.38 bits per heavy atom. The molecule has 92 valence electrons. The second kappa shape index (κ2) is 5.41. The molecule has 0 amide bonds. The Morgan fingerprint density at radius 2 is 2.25 bits per heavy atom. The minimum Gasteiger partial charge on any atom is -0.480 e. The maximum atomic E-state index is 11.5. The molecule has 0 aliphatic carbocycles. The van der Waals surface area contributed by atoms with Crippen LogP contribution in [0.25, 0.3) is 0 Å². The molecule has 4 heteroatoms. The van der Waals surface area contributed by atoms with Crippen molar-refractivity contribution in [3.63, 3.8) is 0 Å². The van der Waals surface area contributed by atoms with Gasteiger partial charge in [0.05, 0.1) is 0 Å². The van der Waals surface area contributed by atoms with Crippen LogP contribution in [0.5, 0.6) is 0 Å². The Balaban J connectivity index is 1.98. The molecule has 2 rings (SSSR count). The van der Waals surface area contributed by atoms with E-state index < -0.39 is 11.5 Å². The lowest BCUT2D eigenvalue weighted by Crippen LogP contribution is -2.56. The summed E-state index contributed by atoms with van der Waals surface area (Å²) in [6.45, 7) is 0.865. The Labute approximate surface area is 101 Å². The number of rotatable bonds is 3. The highest BCUT2D eigenvalue weighted by Gasteiger charge is 2.41. The van der Waals surface area contributed by atoms with Gasteiger partial charge in [-0.2, -0.15) is 11.8 Å². The van der Waals surface area contributed by atoms with Crippen LogP contribution in [0.15, 0.2) is 0 Å². The van der Waals surface area contributed by atoms with Crippen molar-refractivity contribution in [2.24, 2.45) is 0 Å². The molecule has 0 aromatic heterocycles. The number of hydrogen-bond acceptors (Lipinski definition) is 3. The van der Waals surface area contributed by atoms with E-state index in [0.717, 1.165) is 32.2 Å². The van der Waals surface area contributed by atoms with Crippen molar-refractivity contribution < 1.29 is 9.90 Å². The van der Waals surface area contributed by atoms with Crippen molar-refractivity contribution in [3.05, 3.63) is 0 Å². The SMILES string of the molecule is O=C(O)C1(CC2CCCCS2)CCCCN1. The maximum Gasteiger partial charge on any atom is 0.323 e. The minimum absolute atomic E-state index is 0.551. The van der Waals surface area contributed by atoms with E-state index >= 15 is 0 Å². The van der Waals surface area contributed by atoms with Crippen molar-refractivity contribution in [2.45, 2.75) is 55.7 Å². The van der Waals surface area contributed by atoms with Gasteiger partial charge in [0.1, 0.15) is 5.54 Å². The number of carboxylic acid groups (broad SMARTS) is 1. The first-order valence-electron chi connectivity index (χ1n) is 6.33. The van der Waals surface area contributed by atoms with Gasteiger partial charge in [-0.3, -0.25) is 4.79 Å². The summed E-state index contributed by atoms with van der Waals surface area (Å²) in [6, 6.07) is 0. The molecule has 2 N–H and O–H groups in total. The lowest BCUT2D eigenvalue weighted by Gasteiger charge is -2.37. The molecule has 2 unspecified atom stereocenters. The van der Waals surface area contributed by atoms with Crippen LogP contribution in [0.2, 0.25) is 0 Å². The lowest BCUT2D eigenvalue weighted by molar-refractivity contribution is -0.146. The Hall–Kier alpha value is -0.220. The molecule has 0 spiro atoms. The molecule has 16 heavy (non-hydrogen) atoms. The molecule has 2 aliphatic heterocycles. The Bertz CT molecular complexity index is 245. The third-order valence-corrected chi connectivity index (χ3v) is 5.15. The predicted octanol–water partition coefficient (Wildman–Crippen LogP) is 2.26. The van der Waals surface area contributed by atoms with Crippen molar-refractivity contribution in [3.8, 4) is 0 Å². The van der Waals surface area contributed by atoms with Gasteiger partial charge >= 0.3 is 5.97 Å². The van der Waals surface area contributed by atoms with Gasteiger partial charge in [0.15, 0.2) is 0 Å². The predicted molar refractivity (Wildman–Crippen MR) is 66.9 cm³/mol. The smallest absolute Gasteiger partial charge is 0.323 e. The summed E-state index contributed by atoms with van der Waals surface area (Å²) in [4.78, 5) is 11.5. The topological polar surface area (TPSA) is 49.3 Å². The van der Waals surface area contributed by atoms with Crippen LogP contribution in [0, 0.1) is 0 Å². The van der Waals surface area contributed by atoms with Crippen molar-refractivity contribution in [1.82, 2.24) is 5.32 Å². The fourth-order valence-corrected chi connectivity index (χ4v) is 4.21. The van der Waals surface area contributed by atoms with E-state index in [1.165, 1.54) is 25.0 Å². The molecule has 0 bridgehead atoms. The number of carboxylic acids is 1. The van der Waals surface area contributed by atoms with E-state index in [1.807, 2.05) is 11.8 Å². The highest BCUT2D eigenvalue weighted by Crippen LogP contribution is 2.34. The summed E-state index contributed by atoms with van der Waals surface area (Å²) >= 11 is 1.97. The highest BCUT2D eigenvalue weighted by molar-refractivity contribution is 7.99. The normalized spacial score (nSPS) is 35.9. The quantitative estimate of drug-likeness (QED) is 0.798. The molecule has 0 radical (unpaired) electrons. The summed E-state index contributed by atoms with van der Waals surface area (Å²) in [5.74, 6) is 0.568. The average Bonchev–Trinajstić information content (AvgIpc) is 2.31. The Morgan fingerprint density at radius 3 is 2.81 bits per heavy atom. The van der Waals surface area contributed by atoms with Gasteiger partial charge in [-0.15, -0.1) is 0 Å². The van der Waals surface area contributed by atoms with Crippen molar-refractivity contribution in [1.29, 1.82) is 0 Å². The van der Waals surface area contributed by atoms with Gasteiger partial charge in [0.2, 0.25) is 0 Å².